The molecule has 2 heterocycles. The second-order valence-electron chi connectivity index (χ2n) is 4.57. The third kappa shape index (κ3) is 1.87. The highest BCUT2D eigenvalue weighted by Crippen LogP contribution is 2.37. The summed E-state index contributed by atoms with van der Waals surface area (Å²) in [5.41, 5.74) is 2.53. The molecule has 3 rings (SSSR count). The molecule has 0 spiro atoms. The van der Waals surface area contributed by atoms with Crippen LogP contribution in [0, 0.1) is 5.92 Å². The van der Waals surface area contributed by atoms with E-state index in [0.29, 0.717) is 6.04 Å². The largest absolute Gasteiger partial charge is 0.464 e. The molecule has 3 nitrogen and oxygen atoms in total. The van der Waals surface area contributed by atoms with E-state index in [-0.39, 0.29) is 0 Å². The average molecular weight is 228 g/mol. The molecule has 1 saturated heterocycles. The molecule has 0 bridgehead atoms. The fraction of sp³-hybridized carbons (Fsp3) is 0.357. The van der Waals surface area contributed by atoms with Crippen LogP contribution in [0.3, 0.4) is 0 Å². The summed E-state index contributed by atoms with van der Waals surface area (Å²) < 4.78 is 5.27. The van der Waals surface area contributed by atoms with Crippen molar-refractivity contribution >= 4 is 5.57 Å². The zero-order valence-corrected chi connectivity index (χ0v) is 9.73. The number of rotatable bonds is 3. The Morgan fingerprint density at radius 3 is 3.29 bits per heavy atom. The third-order valence-corrected chi connectivity index (χ3v) is 3.59. The number of pyridine rings is 1. The molecule has 88 valence electrons. The van der Waals surface area contributed by atoms with Gasteiger partial charge in [0.1, 0.15) is 5.75 Å². The lowest BCUT2D eigenvalue weighted by atomic mass is 9.97. The normalized spacial score (nSPS) is 26.5. The van der Waals surface area contributed by atoms with Gasteiger partial charge in [-0.25, -0.2) is 0 Å². The highest BCUT2D eigenvalue weighted by Gasteiger charge is 2.33. The van der Waals surface area contributed by atoms with Crippen LogP contribution in [0.15, 0.2) is 37.4 Å². The molecule has 17 heavy (non-hydrogen) atoms. The van der Waals surface area contributed by atoms with Gasteiger partial charge in [-0.05, 0) is 36.9 Å². The number of aromatic nitrogens is 1. The first-order valence-electron chi connectivity index (χ1n) is 6.05. The SMILES string of the molecule is C=COc1cncc(C2=CC[C@@H]3CCN[C@H]23)c1. The molecule has 0 amide bonds. The van der Waals surface area contributed by atoms with Gasteiger partial charge in [0, 0.05) is 17.8 Å². The number of allylic oxidation sites excluding steroid dienone is 1. The predicted octanol–water partition coefficient (Wildman–Crippen LogP) is 2.37. The van der Waals surface area contributed by atoms with E-state index in [9.17, 15) is 0 Å². The first-order valence-corrected chi connectivity index (χ1v) is 6.05. The summed E-state index contributed by atoms with van der Waals surface area (Å²) in [6.45, 7) is 4.69. The zero-order valence-electron chi connectivity index (χ0n) is 9.73. The van der Waals surface area contributed by atoms with Gasteiger partial charge in [0.25, 0.3) is 0 Å². The maximum absolute atomic E-state index is 5.27. The topological polar surface area (TPSA) is 34.1 Å². The second kappa shape index (κ2) is 4.34. The number of ether oxygens (including phenoxy) is 1. The smallest absolute Gasteiger partial charge is 0.145 e. The third-order valence-electron chi connectivity index (χ3n) is 3.59. The van der Waals surface area contributed by atoms with Crippen LogP contribution in [-0.4, -0.2) is 17.6 Å². The molecular formula is C14H16N2O. The molecule has 0 saturated carbocycles. The monoisotopic (exact) mass is 228 g/mol. The van der Waals surface area contributed by atoms with Crippen LogP contribution in [-0.2, 0) is 0 Å². The standard InChI is InChI=1S/C14H16N2O/c1-2-17-12-7-11(8-15-9-12)13-4-3-10-5-6-16-14(10)13/h2,4,7-10,14,16H,1,3,5-6H2/t10-,14+/m1/s1. The highest BCUT2D eigenvalue weighted by molar-refractivity contribution is 5.72. The Labute approximate surface area is 101 Å². The van der Waals surface area contributed by atoms with E-state index in [1.165, 1.54) is 24.7 Å². The summed E-state index contributed by atoms with van der Waals surface area (Å²) in [6.07, 6.45) is 9.83. The summed E-state index contributed by atoms with van der Waals surface area (Å²) in [4.78, 5) is 4.22. The molecule has 2 aliphatic rings. The van der Waals surface area contributed by atoms with Crippen molar-refractivity contribution < 1.29 is 4.74 Å². The Balaban J connectivity index is 1.88. The van der Waals surface area contributed by atoms with Crippen molar-refractivity contribution in [3.8, 4) is 5.75 Å². The Bertz CT molecular complexity index is 467. The van der Waals surface area contributed by atoms with E-state index in [2.05, 4.69) is 23.0 Å². The number of hydrogen-bond acceptors (Lipinski definition) is 3. The summed E-state index contributed by atoms with van der Waals surface area (Å²) >= 11 is 0. The molecule has 0 unspecified atom stereocenters. The molecule has 1 N–H and O–H groups in total. The second-order valence-corrected chi connectivity index (χ2v) is 4.57. The number of fused-ring (bicyclic) bond motifs is 1. The zero-order chi connectivity index (χ0) is 11.7. The van der Waals surface area contributed by atoms with Gasteiger partial charge in [-0.2, -0.15) is 0 Å². The average Bonchev–Trinajstić information content (AvgIpc) is 2.91. The summed E-state index contributed by atoms with van der Waals surface area (Å²) in [5, 5.41) is 3.56. The molecular weight excluding hydrogens is 212 g/mol. The molecule has 2 atom stereocenters. The van der Waals surface area contributed by atoms with Gasteiger partial charge in [0.05, 0.1) is 12.5 Å². The van der Waals surface area contributed by atoms with Gasteiger partial charge in [0.2, 0.25) is 0 Å². The van der Waals surface area contributed by atoms with Crippen molar-refractivity contribution in [2.75, 3.05) is 6.54 Å². The Kier molecular flexibility index (Phi) is 2.69. The summed E-state index contributed by atoms with van der Waals surface area (Å²) in [6, 6.07) is 2.54. The van der Waals surface area contributed by atoms with Crippen LogP contribution in [0.1, 0.15) is 18.4 Å². The fourth-order valence-electron chi connectivity index (χ4n) is 2.82. The van der Waals surface area contributed by atoms with Crippen LogP contribution in [0.5, 0.6) is 5.75 Å². The van der Waals surface area contributed by atoms with Crippen molar-refractivity contribution in [3.63, 3.8) is 0 Å². The maximum atomic E-state index is 5.27. The minimum absolute atomic E-state index is 0.510. The van der Waals surface area contributed by atoms with Crippen molar-refractivity contribution in [1.29, 1.82) is 0 Å². The predicted molar refractivity (Wildman–Crippen MR) is 67.6 cm³/mol. The lowest BCUT2D eigenvalue weighted by Gasteiger charge is -2.15. The lowest BCUT2D eigenvalue weighted by Crippen LogP contribution is -2.24. The molecule has 1 aromatic rings. The molecule has 1 aliphatic heterocycles. The number of nitrogens with zero attached hydrogens (tertiary/aromatic N) is 1. The van der Waals surface area contributed by atoms with Crippen LogP contribution in [0.4, 0.5) is 0 Å². The quantitative estimate of drug-likeness (QED) is 0.806. The molecule has 1 aromatic heterocycles. The lowest BCUT2D eigenvalue weighted by molar-refractivity contribution is 0.480. The van der Waals surface area contributed by atoms with Gasteiger partial charge < -0.3 is 10.1 Å². The van der Waals surface area contributed by atoms with E-state index in [4.69, 9.17) is 4.74 Å². The van der Waals surface area contributed by atoms with Gasteiger partial charge in [-0.15, -0.1) is 0 Å². The van der Waals surface area contributed by atoms with Gasteiger partial charge >= 0.3 is 0 Å². The number of hydrogen-bond donors (Lipinski definition) is 1. The Morgan fingerprint density at radius 2 is 2.41 bits per heavy atom. The first-order chi connectivity index (χ1) is 8.38. The van der Waals surface area contributed by atoms with Gasteiger partial charge in [-0.3, -0.25) is 4.98 Å². The first kappa shape index (κ1) is 10.5. The molecule has 1 fully saturated rings. The maximum Gasteiger partial charge on any atom is 0.145 e. The highest BCUT2D eigenvalue weighted by atomic mass is 16.5. The molecule has 0 radical (unpaired) electrons. The van der Waals surface area contributed by atoms with E-state index in [0.717, 1.165) is 23.8 Å². The van der Waals surface area contributed by atoms with Gasteiger partial charge in [0.15, 0.2) is 0 Å². The van der Waals surface area contributed by atoms with Crippen LogP contribution in [0.25, 0.3) is 5.57 Å². The van der Waals surface area contributed by atoms with Crippen LogP contribution < -0.4 is 10.1 Å². The minimum atomic E-state index is 0.510. The van der Waals surface area contributed by atoms with Crippen molar-refractivity contribution in [3.05, 3.63) is 42.9 Å². The van der Waals surface area contributed by atoms with Crippen molar-refractivity contribution in [2.45, 2.75) is 18.9 Å². The molecule has 1 aliphatic carbocycles. The van der Waals surface area contributed by atoms with Crippen LogP contribution in [0.2, 0.25) is 0 Å². The van der Waals surface area contributed by atoms with E-state index in [1.54, 1.807) is 6.20 Å². The summed E-state index contributed by atoms with van der Waals surface area (Å²) in [7, 11) is 0. The molecule has 3 heteroatoms. The number of nitrogens with one attached hydrogen (secondary N) is 1. The van der Waals surface area contributed by atoms with Crippen LogP contribution >= 0.6 is 0 Å². The van der Waals surface area contributed by atoms with Gasteiger partial charge in [-0.1, -0.05) is 12.7 Å². The van der Waals surface area contributed by atoms with Crippen molar-refractivity contribution in [2.24, 2.45) is 5.92 Å². The fourth-order valence-corrected chi connectivity index (χ4v) is 2.82. The van der Waals surface area contributed by atoms with E-state index >= 15 is 0 Å². The van der Waals surface area contributed by atoms with E-state index < -0.39 is 0 Å². The van der Waals surface area contributed by atoms with Crippen molar-refractivity contribution in [1.82, 2.24) is 10.3 Å². The Hall–Kier alpha value is -1.61. The Morgan fingerprint density at radius 1 is 1.47 bits per heavy atom. The minimum Gasteiger partial charge on any atom is -0.464 e. The summed E-state index contributed by atoms with van der Waals surface area (Å²) in [5.74, 6) is 1.52. The molecule has 0 aromatic carbocycles. The van der Waals surface area contributed by atoms with E-state index in [1.807, 2.05) is 12.3 Å².